The number of carbonyl (C=O) groups is 1. The highest BCUT2D eigenvalue weighted by atomic mass is 35.5. The van der Waals surface area contributed by atoms with Crippen molar-refractivity contribution in [1.82, 2.24) is 9.78 Å². The van der Waals surface area contributed by atoms with Crippen LogP contribution in [0.4, 0.5) is 5.82 Å². The zero-order valence-electron chi connectivity index (χ0n) is 10.8. The van der Waals surface area contributed by atoms with Crippen LogP contribution in [0.5, 0.6) is 5.75 Å². The lowest BCUT2D eigenvalue weighted by Gasteiger charge is -2.08. The zero-order chi connectivity index (χ0) is 14.7. The van der Waals surface area contributed by atoms with E-state index in [1.807, 2.05) is 6.07 Å². The predicted molar refractivity (Wildman–Crippen MR) is 73.9 cm³/mol. The second-order valence-corrected chi connectivity index (χ2v) is 4.41. The Morgan fingerprint density at radius 2 is 2.30 bits per heavy atom. The Labute approximate surface area is 120 Å². The van der Waals surface area contributed by atoms with E-state index < -0.39 is 5.91 Å². The van der Waals surface area contributed by atoms with Gasteiger partial charge in [-0.2, -0.15) is 10.4 Å². The molecule has 0 saturated heterocycles. The van der Waals surface area contributed by atoms with E-state index in [0.29, 0.717) is 10.8 Å². The van der Waals surface area contributed by atoms with E-state index in [2.05, 4.69) is 10.4 Å². The molecular formula is C13H11ClN4O2. The van der Waals surface area contributed by atoms with Gasteiger partial charge >= 0.3 is 0 Å². The van der Waals surface area contributed by atoms with Crippen LogP contribution in [-0.2, 0) is 7.05 Å². The number of nitriles is 1. The van der Waals surface area contributed by atoms with Crippen molar-refractivity contribution in [3.05, 3.63) is 40.5 Å². The summed E-state index contributed by atoms with van der Waals surface area (Å²) in [5.74, 6) is 0.142. The number of rotatable bonds is 3. The standard InChI is InChI=1S/C13H11ClN4O2/c1-18-7-8(6-15)12(17-18)16-13(19)10-5-9(14)3-4-11(10)20-2/h3-5,7H,1-2H3,(H,16,17,19). The van der Waals surface area contributed by atoms with Gasteiger partial charge < -0.3 is 10.1 Å². The number of hydrogen-bond acceptors (Lipinski definition) is 4. The van der Waals surface area contributed by atoms with Gasteiger partial charge in [-0.3, -0.25) is 9.48 Å². The smallest absolute Gasteiger partial charge is 0.260 e. The Morgan fingerprint density at radius 1 is 1.55 bits per heavy atom. The zero-order valence-corrected chi connectivity index (χ0v) is 11.6. The lowest BCUT2D eigenvalue weighted by Crippen LogP contribution is -2.14. The Hall–Kier alpha value is -2.52. The number of anilines is 1. The molecule has 0 aliphatic rings. The summed E-state index contributed by atoms with van der Waals surface area (Å²) in [6.07, 6.45) is 1.52. The normalized spacial score (nSPS) is 9.90. The van der Waals surface area contributed by atoms with Crippen molar-refractivity contribution in [2.24, 2.45) is 7.05 Å². The summed E-state index contributed by atoms with van der Waals surface area (Å²) in [4.78, 5) is 12.2. The van der Waals surface area contributed by atoms with Gasteiger partial charge in [-0.05, 0) is 18.2 Å². The largest absolute Gasteiger partial charge is 0.496 e. The summed E-state index contributed by atoms with van der Waals surface area (Å²) in [5.41, 5.74) is 0.552. The second-order valence-electron chi connectivity index (χ2n) is 3.98. The predicted octanol–water partition coefficient (Wildman–Crippen LogP) is 2.21. The molecule has 20 heavy (non-hydrogen) atoms. The first-order valence-corrected chi connectivity index (χ1v) is 6.01. The number of hydrogen-bond donors (Lipinski definition) is 1. The summed E-state index contributed by atoms with van der Waals surface area (Å²) in [6.45, 7) is 0. The van der Waals surface area contributed by atoms with Crippen LogP contribution >= 0.6 is 11.6 Å². The van der Waals surface area contributed by atoms with Crippen LogP contribution in [-0.4, -0.2) is 22.8 Å². The molecule has 1 N–H and O–H groups in total. The third-order valence-electron chi connectivity index (χ3n) is 2.59. The van der Waals surface area contributed by atoms with Gasteiger partial charge in [0.2, 0.25) is 0 Å². The van der Waals surface area contributed by atoms with Gasteiger partial charge in [-0.15, -0.1) is 0 Å². The molecule has 102 valence electrons. The van der Waals surface area contributed by atoms with Crippen LogP contribution < -0.4 is 10.1 Å². The first kappa shape index (κ1) is 13.9. The average Bonchev–Trinajstić information content (AvgIpc) is 2.78. The Kier molecular flexibility index (Phi) is 3.91. The number of nitrogens with zero attached hydrogens (tertiary/aromatic N) is 3. The maximum atomic E-state index is 12.2. The molecule has 0 atom stereocenters. The van der Waals surface area contributed by atoms with Crippen LogP contribution in [0.25, 0.3) is 0 Å². The van der Waals surface area contributed by atoms with Crippen molar-refractivity contribution >= 4 is 23.3 Å². The van der Waals surface area contributed by atoms with Crippen LogP contribution in [0.15, 0.2) is 24.4 Å². The molecule has 1 aromatic carbocycles. The molecule has 0 aliphatic carbocycles. The van der Waals surface area contributed by atoms with E-state index in [9.17, 15) is 4.79 Å². The van der Waals surface area contributed by atoms with Gasteiger partial charge in [-0.25, -0.2) is 0 Å². The number of aromatic nitrogens is 2. The number of amides is 1. The Bertz CT molecular complexity index is 703. The molecular weight excluding hydrogens is 280 g/mol. The lowest BCUT2D eigenvalue weighted by atomic mass is 10.2. The Morgan fingerprint density at radius 3 is 2.95 bits per heavy atom. The minimum Gasteiger partial charge on any atom is -0.496 e. The number of aryl methyl sites for hydroxylation is 1. The minimum absolute atomic E-state index is 0.196. The number of methoxy groups -OCH3 is 1. The highest BCUT2D eigenvalue weighted by Crippen LogP contribution is 2.24. The number of nitrogens with one attached hydrogen (secondary N) is 1. The van der Waals surface area contributed by atoms with Crippen LogP contribution in [0.1, 0.15) is 15.9 Å². The molecule has 0 unspecified atom stereocenters. The van der Waals surface area contributed by atoms with E-state index in [1.54, 1.807) is 19.2 Å². The second kappa shape index (κ2) is 5.63. The van der Waals surface area contributed by atoms with Gasteiger partial charge in [0, 0.05) is 18.3 Å². The quantitative estimate of drug-likeness (QED) is 0.940. The van der Waals surface area contributed by atoms with E-state index >= 15 is 0 Å². The van der Waals surface area contributed by atoms with Gasteiger partial charge in [0.25, 0.3) is 5.91 Å². The fourth-order valence-corrected chi connectivity index (χ4v) is 1.87. The molecule has 0 saturated carbocycles. The maximum absolute atomic E-state index is 12.2. The van der Waals surface area contributed by atoms with E-state index in [-0.39, 0.29) is 16.9 Å². The third kappa shape index (κ3) is 2.73. The molecule has 0 spiro atoms. The third-order valence-corrected chi connectivity index (χ3v) is 2.82. The molecule has 0 bridgehead atoms. The number of benzene rings is 1. The van der Waals surface area contributed by atoms with Crippen molar-refractivity contribution in [3.63, 3.8) is 0 Å². The van der Waals surface area contributed by atoms with Gasteiger partial charge in [-0.1, -0.05) is 11.6 Å². The first-order valence-electron chi connectivity index (χ1n) is 5.63. The maximum Gasteiger partial charge on any atom is 0.260 e. The first-order chi connectivity index (χ1) is 9.55. The van der Waals surface area contributed by atoms with Crippen LogP contribution in [0, 0.1) is 11.3 Å². The monoisotopic (exact) mass is 290 g/mol. The highest BCUT2D eigenvalue weighted by Gasteiger charge is 2.16. The number of carbonyl (C=O) groups excluding carboxylic acids is 1. The molecule has 1 amide bonds. The van der Waals surface area contributed by atoms with Gasteiger partial charge in [0.1, 0.15) is 17.4 Å². The lowest BCUT2D eigenvalue weighted by molar-refractivity contribution is 0.102. The summed E-state index contributed by atoms with van der Waals surface area (Å²) >= 11 is 5.88. The van der Waals surface area contributed by atoms with Gasteiger partial charge in [0.15, 0.2) is 5.82 Å². The van der Waals surface area contributed by atoms with E-state index in [0.717, 1.165) is 0 Å². The van der Waals surface area contributed by atoms with Crippen LogP contribution in [0.3, 0.4) is 0 Å². The molecule has 0 radical (unpaired) electrons. The fraction of sp³-hybridized carbons (Fsp3) is 0.154. The van der Waals surface area contributed by atoms with E-state index in [4.69, 9.17) is 21.6 Å². The van der Waals surface area contributed by atoms with E-state index in [1.165, 1.54) is 24.1 Å². The van der Waals surface area contributed by atoms with Crippen molar-refractivity contribution in [3.8, 4) is 11.8 Å². The summed E-state index contributed by atoms with van der Waals surface area (Å²) in [7, 11) is 3.12. The SMILES string of the molecule is COc1ccc(Cl)cc1C(=O)Nc1nn(C)cc1C#N. The molecule has 0 fully saturated rings. The Balaban J connectivity index is 2.33. The molecule has 1 aromatic heterocycles. The summed E-state index contributed by atoms with van der Waals surface area (Å²) in [6, 6.07) is 6.67. The van der Waals surface area contributed by atoms with Crippen molar-refractivity contribution in [2.75, 3.05) is 12.4 Å². The highest BCUT2D eigenvalue weighted by molar-refractivity contribution is 6.31. The summed E-state index contributed by atoms with van der Waals surface area (Å²) in [5, 5.41) is 16.0. The minimum atomic E-state index is -0.445. The number of halogens is 1. The molecule has 2 rings (SSSR count). The topological polar surface area (TPSA) is 79.9 Å². The van der Waals surface area contributed by atoms with Crippen molar-refractivity contribution < 1.29 is 9.53 Å². The molecule has 7 heteroatoms. The summed E-state index contributed by atoms with van der Waals surface area (Å²) < 4.78 is 6.56. The van der Waals surface area contributed by atoms with Gasteiger partial charge in [0.05, 0.1) is 12.7 Å². The molecule has 1 heterocycles. The average molecular weight is 291 g/mol. The molecule has 2 aromatic rings. The number of ether oxygens (including phenoxy) is 1. The fourth-order valence-electron chi connectivity index (χ4n) is 1.70. The van der Waals surface area contributed by atoms with Crippen LogP contribution in [0.2, 0.25) is 5.02 Å². The van der Waals surface area contributed by atoms with Crippen molar-refractivity contribution in [2.45, 2.75) is 0 Å². The molecule has 0 aliphatic heterocycles. The molecule has 6 nitrogen and oxygen atoms in total. The van der Waals surface area contributed by atoms with Crippen molar-refractivity contribution in [1.29, 1.82) is 5.26 Å².